The molecule has 4 aliphatic carbocycles. The van der Waals surface area contributed by atoms with Crippen molar-refractivity contribution in [3.05, 3.63) is 144 Å². The van der Waals surface area contributed by atoms with Crippen molar-refractivity contribution < 1.29 is 4.42 Å². The molecule has 3 fully saturated rings. The lowest BCUT2D eigenvalue weighted by Gasteiger charge is -2.67. The topological polar surface area (TPSA) is 88.5 Å². The second-order valence-corrected chi connectivity index (χ2v) is 15.8. The van der Waals surface area contributed by atoms with E-state index >= 15 is 0 Å². The van der Waals surface area contributed by atoms with Gasteiger partial charge in [0.15, 0.2) is 17.5 Å². The Bertz CT molecular complexity index is 2890. The molecular formula is C48H33N5O. The van der Waals surface area contributed by atoms with Gasteiger partial charge in [0.25, 0.3) is 0 Å². The zero-order valence-corrected chi connectivity index (χ0v) is 29.4. The molecule has 5 atom stereocenters. The van der Waals surface area contributed by atoms with E-state index in [-0.39, 0.29) is 0 Å². The first-order chi connectivity index (χ1) is 26.7. The lowest BCUT2D eigenvalue weighted by Crippen LogP contribution is -2.59. The first kappa shape index (κ1) is 30.1. The predicted molar refractivity (Wildman–Crippen MR) is 210 cm³/mol. The van der Waals surface area contributed by atoms with Crippen molar-refractivity contribution in [2.75, 3.05) is 0 Å². The van der Waals surface area contributed by atoms with Crippen LogP contribution in [0, 0.1) is 28.6 Å². The van der Waals surface area contributed by atoms with Crippen LogP contribution in [-0.4, -0.2) is 19.9 Å². The molecule has 12 rings (SSSR count). The van der Waals surface area contributed by atoms with Crippen LogP contribution in [0.3, 0.4) is 0 Å². The van der Waals surface area contributed by atoms with Crippen LogP contribution in [0.5, 0.6) is 0 Å². The van der Waals surface area contributed by atoms with Crippen LogP contribution in [0.1, 0.15) is 54.2 Å². The van der Waals surface area contributed by atoms with Gasteiger partial charge in [0.2, 0.25) is 0 Å². The van der Waals surface area contributed by atoms with Gasteiger partial charge in [-0.15, -0.1) is 0 Å². The third-order valence-corrected chi connectivity index (χ3v) is 13.4. The highest BCUT2D eigenvalue weighted by Gasteiger charge is 2.70. The highest BCUT2D eigenvalue weighted by molar-refractivity contribution is 6.09. The molecule has 2 bridgehead atoms. The van der Waals surface area contributed by atoms with Gasteiger partial charge in [0.1, 0.15) is 17.2 Å². The average molecular weight is 696 g/mol. The summed E-state index contributed by atoms with van der Waals surface area (Å²) in [5.74, 6) is 4.42. The number of benzene rings is 5. The summed E-state index contributed by atoms with van der Waals surface area (Å²) < 4.78 is 6.36. The summed E-state index contributed by atoms with van der Waals surface area (Å²) in [7, 11) is 0. The number of fused-ring (bicyclic) bond motifs is 9. The average Bonchev–Trinajstić information content (AvgIpc) is 3.80. The van der Waals surface area contributed by atoms with Crippen LogP contribution in [0.15, 0.2) is 132 Å². The van der Waals surface area contributed by atoms with Gasteiger partial charge in [0.05, 0.1) is 5.56 Å². The van der Waals surface area contributed by atoms with Crippen molar-refractivity contribution in [3.8, 4) is 62.5 Å². The smallest absolute Gasteiger partial charge is 0.164 e. The summed E-state index contributed by atoms with van der Waals surface area (Å²) in [6, 6.07) is 42.3. The summed E-state index contributed by atoms with van der Waals surface area (Å²) in [6.07, 6.45) is 8.80. The maximum Gasteiger partial charge on any atom is 0.164 e. The van der Waals surface area contributed by atoms with Crippen LogP contribution >= 0.6 is 0 Å². The second kappa shape index (κ2) is 11.0. The highest BCUT2D eigenvalue weighted by Crippen LogP contribution is 2.80. The van der Waals surface area contributed by atoms with Crippen molar-refractivity contribution >= 4 is 21.9 Å². The Morgan fingerprint density at radius 3 is 2.13 bits per heavy atom. The maximum absolute atomic E-state index is 10.3. The third kappa shape index (κ3) is 4.10. The molecule has 54 heavy (non-hydrogen) atoms. The zero-order valence-electron chi connectivity index (χ0n) is 29.4. The number of nitrogens with zero attached hydrogens (tertiary/aromatic N) is 5. The van der Waals surface area contributed by atoms with Crippen molar-refractivity contribution in [3.63, 3.8) is 0 Å². The van der Waals surface area contributed by atoms with Crippen LogP contribution in [0.4, 0.5) is 0 Å². The van der Waals surface area contributed by atoms with Gasteiger partial charge in [-0.3, -0.25) is 4.98 Å². The molecule has 5 unspecified atom stereocenters. The first-order valence-electron chi connectivity index (χ1n) is 19.0. The Morgan fingerprint density at radius 2 is 1.31 bits per heavy atom. The van der Waals surface area contributed by atoms with Crippen LogP contribution in [0.25, 0.3) is 78.4 Å². The minimum Gasteiger partial charge on any atom is -0.455 e. The van der Waals surface area contributed by atoms with Crippen molar-refractivity contribution in [2.24, 2.45) is 17.3 Å². The summed E-state index contributed by atoms with van der Waals surface area (Å²) in [6.45, 7) is 0. The molecule has 5 aromatic carbocycles. The van der Waals surface area contributed by atoms with E-state index in [0.717, 1.165) is 67.2 Å². The molecule has 4 aliphatic rings. The van der Waals surface area contributed by atoms with E-state index < -0.39 is 0 Å². The van der Waals surface area contributed by atoms with Gasteiger partial charge in [-0.25, -0.2) is 15.0 Å². The van der Waals surface area contributed by atoms with Gasteiger partial charge in [-0.1, -0.05) is 103 Å². The number of hydrogen-bond acceptors (Lipinski definition) is 6. The SMILES string of the molecule is N#Cc1cncc2c1-c1ccc(-c3nc(-c4ccccc4)nc(-c4ccc(-c5cccc6c5oc5ccccc56)cc4)n3)cc1C1CC3CC4CC2C34C1. The minimum absolute atomic E-state index is 0.367. The highest BCUT2D eigenvalue weighted by atomic mass is 16.3. The number of aromatic nitrogens is 4. The fourth-order valence-electron chi connectivity index (χ4n) is 11.0. The molecule has 0 aliphatic heterocycles. The number of rotatable bonds is 4. The molecule has 0 N–H and O–H groups in total. The molecule has 0 saturated heterocycles. The molecule has 0 radical (unpaired) electrons. The van der Waals surface area contributed by atoms with Gasteiger partial charge in [0, 0.05) is 51.0 Å². The van der Waals surface area contributed by atoms with E-state index in [4.69, 9.17) is 19.4 Å². The third-order valence-electron chi connectivity index (χ3n) is 13.4. The van der Waals surface area contributed by atoms with E-state index in [1.807, 2.05) is 42.5 Å². The van der Waals surface area contributed by atoms with Crippen LogP contribution < -0.4 is 0 Å². The molecule has 256 valence electrons. The molecule has 6 heteroatoms. The Morgan fingerprint density at radius 1 is 0.611 bits per heavy atom. The predicted octanol–water partition coefficient (Wildman–Crippen LogP) is 11.4. The zero-order chi connectivity index (χ0) is 35.5. The van der Waals surface area contributed by atoms with Crippen molar-refractivity contribution in [2.45, 2.75) is 37.5 Å². The number of para-hydroxylation sites is 2. The quantitative estimate of drug-likeness (QED) is 0.182. The van der Waals surface area contributed by atoms with Gasteiger partial charge in [-0.05, 0) is 89.2 Å². The molecule has 6 nitrogen and oxygen atoms in total. The fourth-order valence-corrected chi connectivity index (χ4v) is 11.0. The molecule has 3 aromatic heterocycles. The lowest BCUT2D eigenvalue weighted by atomic mass is 9.37. The summed E-state index contributed by atoms with van der Waals surface area (Å²) in [4.78, 5) is 19.9. The van der Waals surface area contributed by atoms with Gasteiger partial charge < -0.3 is 4.42 Å². The van der Waals surface area contributed by atoms with Crippen molar-refractivity contribution in [1.82, 2.24) is 19.9 Å². The molecule has 0 amide bonds. The van der Waals surface area contributed by atoms with E-state index in [0.29, 0.717) is 40.3 Å². The van der Waals surface area contributed by atoms with Crippen LogP contribution in [-0.2, 0) is 0 Å². The number of hydrogen-bond donors (Lipinski definition) is 0. The standard InChI is InChI=1S/C48H33N5O/c49-24-32-25-50-26-40-41-22-34-21-33-19-31(23-48(33,34)41)39-20-30(17-18-37(39)43(32)40)47-52-45(28-7-2-1-3-8-28)51-46(53-47)29-15-13-27(14-16-29)35-10-6-11-38-36-9-4-5-12-42(36)54-44(35)38/h1-18,20,25-26,31,33-34,41H,19,21-23H2. The molecular weight excluding hydrogens is 663 g/mol. The molecule has 3 saturated carbocycles. The first-order valence-corrected chi connectivity index (χ1v) is 19.0. The van der Waals surface area contributed by atoms with E-state index in [1.165, 1.54) is 42.4 Å². The summed E-state index contributed by atoms with van der Waals surface area (Å²) in [5.41, 5.74) is 12.6. The maximum atomic E-state index is 10.3. The molecule has 3 heterocycles. The lowest BCUT2D eigenvalue weighted by molar-refractivity contribution is -0.144. The summed E-state index contributed by atoms with van der Waals surface area (Å²) in [5, 5.41) is 12.5. The second-order valence-electron chi connectivity index (χ2n) is 15.8. The van der Waals surface area contributed by atoms with E-state index in [9.17, 15) is 5.26 Å². The number of furan rings is 1. The van der Waals surface area contributed by atoms with Crippen LogP contribution in [0.2, 0.25) is 0 Å². The Kier molecular flexibility index (Phi) is 6.14. The monoisotopic (exact) mass is 695 g/mol. The molecule has 1 spiro atoms. The van der Waals surface area contributed by atoms with Crippen molar-refractivity contribution in [1.29, 1.82) is 5.26 Å². The van der Waals surface area contributed by atoms with E-state index in [1.54, 1.807) is 6.20 Å². The Labute approximate surface area is 312 Å². The van der Waals surface area contributed by atoms with E-state index in [2.05, 4.69) is 90.0 Å². The number of nitriles is 1. The largest absolute Gasteiger partial charge is 0.455 e. The minimum atomic E-state index is 0.367. The normalized spacial score (nSPS) is 22.9. The van der Waals surface area contributed by atoms with Gasteiger partial charge in [-0.2, -0.15) is 5.26 Å². The van der Waals surface area contributed by atoms with Gasteiger partial charge >= 0.3 is 0 Å². The molecule has 8 aromatic rings. The number of pyridine rings is 1. The Hall–Kier alpha value is -6.45. The fraction of sp³-hybridized carbons (Fsp3) is 0.188. The Balaban J connectivity index is 0.990. The summed E-state index contributed by atoms with van der Waals surface area (Å²) >= 11 is 0.